The van der Waals surface area contributed by atoms with E-state index < -0.39 is 0 Å². The minimum absolute atomic E-state index is 0. The Balaban J connectivity index is 0.00000208. The first kappa shape index (κ1) is 19.0. The van der Waals surface area contributed by atoms with E-state index in [0.717, 1.165) is 36.0 Å². The van der Waals surface area contributed by atoms with E-state index in [1.165, 1.54) is 12.8 Å². The number of hydrogen-bond donors (Lipinski definition) is 3. The molecule has 0 radical (unpaired) electrons. The molecule has 2 atom stereocenters. The summed E-state index contributed by atoms with van der Waals surface area (Å²) in [4.78, 5) is 16.3. The molecule has 2 aliphatic rings. The summed E-state index contributed by atoms with van der Waals surface area (Å²) in [5.41, 5.74) is 2.00. The van der Waals surface area contributed by atoms with Crippen LogP contribution in [-0.4, -0.2) is 25.0 Å². The van der Waals surface area contributed by atoms with Gasteiger partial charge in [-0.3, -0.25) is 9.79 Å². The van der Waals surface area contributed by atoms with Gasteiger partial charge in [-0.2, -0.15) is 0 Å². The first-order valence-corrected chi connectivity index (χ1v) is 8.52. The van der Waals surface area contributed by atoms with Crippen LogP contribution >= 0.6 is 24.0 Å². The summed E-state index contributed by atoms with van der Waals surface area (Å²) in [6.07, 6.45) is 4.43. The fourth-order valence-electron chi connectivity index (χ4n) is 2.75. The molecule has 1 amide bonds. The lowest BCUT2D eigenvalue weighted by atomic mass is 9.85. The average molecular weight is 442 g/mol. The molecule has 6 heteroatoms. The van der Waals surface area contributed by atoms with E-state index in [4.69, 9.17) is 0 Å². The molecule has 2 saturated carbocycles. The number of halogens is 1. The van der Waals surface area contributed by atoms with Crippen molar-refractivity contribution in [3.63, 3.8) is 0 Å². The van der Waals surface area contributed by atoms with Crippen molar-refractivity contribution in [1.82, 2.24) is 10.6 Å². The molecular weight excluding hydrogens is 415 g/mol. The highest BCUT2D eigenvalue weighted by Crippen LogP contribution is 2.29. The number of anilines is 1. The van der Waals surface area contributed by atoms with Gasteiger partial charge in [-0.25, -0.2) is 0 Å². The Morgan fingerprint density at radius 3 is 2.67 bits per heavy atom. The van der Waals surface area contributed by atoms with Crippen molar-refractivity contribution < 1.29 is 4.79 Å². The Kier molecular flexibility index (Phi) is 6.89. The molecule has 0 bridgehead atoms. The predicted octanol–water partition coefficient (Wildman–Crippen LogP) is 3.12. The quantitative estimate of drug-likeness (QED) is 0.373. The lowest BCUT2D eigenvalue weighted by Gasteiger charge is -2.24. The fraction of sp³-hybridized carbons (Fsp3) is 0.556. The van der Waals surface area contributed by atoms with E-state index in [2.05, 4.69) is 33.9 Å². The van der Waals surface area contributed by atoms with Crippen LogP contribution in [-0.2, 0) is 11.3 Å². The molecule has 2 unspecified atom stereocenters. The van der Waals surface area contributed by atoms with Gasteiger partial charge in [-0.15, -0.1) is 24.0 Å². The van der Waals surface area contributed by atoms with Crippen LogP contribution < -0.4 is 16.0 Å². The van der Waals surface area contributed by atoms with Gasteiger partial charge in [0.15, 0.2) is 5.96 Å². The Morgan fingerprint density at radius 2 is 2.08 bits per heavy atom. The van der Waals surface area contributed by atoms with Gasteiger partial charge >= 0.3 is 0 Å². The molecule has 3 rings (SSSR count). The molecule has 1 aromatic carbocycles. The standard InChI is InChI=1S/C18H26N4O.HI/c1-12-9-16(12)22-18(19-2)20-11-13-5-3-8-15(10-13)21-17(23)14-6-4-7-14;/h3,5,8,10,12,14,16H,4,6-7,9,11H2,1-2H3,(H,21,23)(H2,19,20,22);1H. The third kappa shape index (κ3) is 5.09. The van der Waals surface area contributed by atoms with Crippen molar-refractivity contribution in [2.24, 2.45) is 16.8 Å². The third-order valence-electron chi connectivity index (χ3n) is 4.79. The van der Waals surface area contributed by atoms with Crippen LogP contribution in [0.5, 0.6) is 0 Å². The number of benzene rings is 1. The monoisotopic (exact) mass is 442 g/mol. The number of amides is 1. The Morgan fingerprint density at radius 1 is 1.33 bits per heavy atom. The van der Waals surface area contributed by atoms with Crippen LogP contribution in [0.4, 0.5) is 5.69 Å². The first-order chi connectivity index (χ1) is 11.2. The highest BCUT2D eigenvalue weighted by molar-refractivity contribution is 14.0. The minimum Gasteiger partial charge on any atom is -0.353 e. The molecule has 24 heavy (non-hydrogen) atoms. The van der Waals surface area contributed by atoms with Gasteiger partial charge in [0.05, 0.1) is 0 Å². The second kappa shape index (κ2) is 8.69. The number of guanidine groups is 1. The summed E-state index contributed by atoms with van der Waals surface area (Å²) >= 11 is 0. The minimum atomic E-state index is 0. The van der Waals surface area contributed by atoms with E-state index in [1.807, 2.05) is 18.2 Å². The maximum atomic E-state index is 12.0. The van der Waals surface area contributed by atoms with Crippen molar-refractivity contribution in [3.05, 3.63) is 29.8 Å². The first-order valence-electron chi connectivity index (χ1n) is 8.52. The Hall–Kier alpha value is -1.31. The van der Waals surface area contributed by atoms with Crippen LogP contribution in [0.1, 0.15) is 38.2 Å². The van der Waals surface area contributed by atoms with Gasteiger partial charge in [-0.1, -0.05) is 25.5 Å². The lowest BCUT2D eigenvalue weighted by Crippen LogP contribution is -2.38. The van der Waals surface area contributed by atoms with E-state index in [1.54, 1.807) is 7.05 Å². The molecule has 1 aromatic rings. The maximum Gasteiger partial charge on any atom is 0.227 e. The number of carbonyl (C=O) groups is 1. The number of carbonyl (C=O) groups excluding carboxylic acids is 1. The van der Waals surface area contributed by atoms with Crippen molar-refractivity contribution >= 4 is 41.5 Å². The summed E-state index contributed by atoms with van der Waals surface area (Å²) < 4.78 is 0. The molecule has 3 N–H and O–H groups in total. The van der Waals surface area contributed by atoms with Crippen LogP contribution in [0.25, 0.3) is 0 Å². The summed E-state index contributed by atoms with van der Waals surface area (Å²) in [5.74, 6) is 1.93. The van der Waals surface area contributed by atoms with Gasteiger partial charge in [0.1, 0.15) is 0 Å². The van der Waals surface area contributed by atoms with Crippen LogP contribution in [0.2, 0.25) is 0 Å². The molecule has 0 aliphatic heterocycles. The normalized spacial score (nSPS) is 22.8. The van der Waals surface area contributed by atoms with E-state index in [0.29, 0.717) is 12.6 Å². The number of hydrogen-bond acceptors (Lipinski definition) is 2. The molecule has 132 valence electrons. The second-order valence-corrected chi connectivity index (χ2v) is 6.71. The summed E-state index contributed by atoms with van der Waals surface area (Å²) in [6, 6.07) is 8.55. The molecule has 2 fully saturated rings. The van der Waals surface area contributed by atoms with Crippen molar-refractivity contribution in [1.29, 1.82) is 0 Å². The number of rotatable bonds is 5. The highest BCUT2D eigenvalue weighted by Gasteiger charge is 2.33. The average Bonchev–Trinajstić information content (AvgIpc) is 3.17. The summed E-state index contributed by atoms with van der Waals surface area (Å²) in [5, 5.41) is 9.76. The smallest absolute Gasteiger partial charge is 0.227 e. The molecule has 0 heterocycles. The van der Waals surface area contributed by atoms with Gasteiger partial charge in [-0.05, 0) is 42.9 Å². The topological polar surface area (TPSA) is 65.5 Å². The molecule has 2 aliphatic carbocycles. The second-order valence-electron chi connectivity index (χ2n) is 6.71. The van der Waals surface area contributed by atoms with Crippen LogP contribution in [0, 0.1) is 11.8 Å². The number of nitrogens with zero attached hydrogens (tertiary/aromatic N) is 1. The zero-order valence-electron chi connectivity index (χ0n) is 14.3. The van der Waals surface area contributed by atoms with Crippen molar-refractivity contribution in [2.75, 3.05) is 12.4 Å². The largest absolute Gasteiger partial charge is 0.353 e. The highest BCUT2D eigenvalue weighted by atomic mass is 127. The Labute approximate surface area is 161 Å². The van der Waals surface area contributed by atoms with E-state index in [9.17, 15) is 4.79 Å². The van der Waals surface area contributed by atoms with E-state index >= 15 is 0 Å². The summed E-state index contributed by atoms with van der Waals surface area (Å²) in [6.45, 7) is 2.92. The molecule has 0 saturated heterocycles. The van der Waals surface area contributed by atoms with Gasteiger partial charge < -0.3 is 16.0 Å². The third-order valence-corrected chi connectivity index (χ3v) is 4.79. The summed E-state index contributed by atoms with van der Waals surface area (Å²) in [7, 11) is 1.79. The van der Waals surface area contributed by atoms with Gasteiger partial charge in [0, 0.05) is 31.2 Å². The van der Waals surface area contributed by atoms with Crippen molar-refractivity contribution in [3.8, 4) is 0 Å². The molecular formula is C18H27IN4O. The maximum absolute atomic E-state index is 12.0. The number of nitrogens with one attached hydrogen (secondary N) is 3. The van der Waals surface area contributed by atoms with Gasteiger partial charge in [0.25, 0.3) is 0 Å². The molecule has 5 nitrogen and oxygen atoms in total. The zero-order chi connectivity index (χ0) is 16.2. The Bertz CT molecular complexity index is 600. The molecule has 0 spiro atoms. The van der Waals surface area contributed by atoms with Crippen molar-refractivity contribution in [2.45, 2.75) is 45.2 Å². The zero-order valence-corrected chi connectivity index (χ0v) is 16.7. The predicted molar refractivity (Wildman–Crippen MR) is 109 cm³/mol. The molecule has 0 aromatic heterocycles. The number of aliphatic imine (C=N–C) groups is 1. The van der Waals surface area contributed by atoms with E-state index in [-0.39, 0.29) is 35.8 Å². The van der Waals surface area contributed by atoms with Crippen LogP contribution in [0.3, 0.4) is 0 Å². The van der Waals surface area contributed by atoms with Crippen LogP contribution in [0.15, 0.2) is 29.3 Å². The fourth-order valence-corrected chi connectivity index (χ4v) is 2.75. The SMILES string of the molecule is CN=C(NCc1cccc(NC(=O)C2CCC2)c1)NC1CC1C.I. The van der Waals surface area contributed by atoms with Gasteiger partial charge in [0.2, 0.25) is 5.91 Å². The lowest BCUT2D eigenvalue weighted by molar-refractivity contribution is -0.122.